The Morgan fingerprint density at radius 2 is 1.94 bits per heavy atom. The zero-order valence-electron chi connectivity index (χ0n) is 9.64. The van der Waals surface area contributed by atoms with Crippen molar-refractivity contribution >= 4 is 11.9 Å². The van der Waals surface area contributed by atoms with E-state index in [1.54, 1.807) is 30.3 Å². The average Bonchev–Trinajstić information content (AvgIpc) is 2.34. The number of amides is 1. The van der Waals surface area contributed by atoms with Crippen LogP contribution in [-0.2, 0) is 9.59 Å². The van der Waals surface area contributed by atoms with Gasteiger partial charge in [0.2, 0.25) is 5.91 Å². The summed E-state index contributed by atoms with van der Waals surface area (Å²) in [5.41, 5.74) is 0.560. The van der Waals surface area contributed by atoms with Crippen molar-refractivity contribution in [1.29, 1.82) is 0 Å². The molecular formula is C12H16N2O3. The van der Waals surface area contributed by atoms with E-state index in [2.05, 4.69) is 10.6 Å². The van der Waals surface area contributed by atoms with E-state index in [1.807, 2.05) is 6.92 Å². The molecule has 0 heterocycles. The van der Waals surface area contributed by atoms with Gasteiger partial charge in [0.15, 0.2) is 6.04 Å². The van der Waals surface area contributed by atoms with Crippen molar-refractivity contribution in [3.8, 4) is 0 Å². The maximum absolute atomic E-state index is 11.5. The topological polar surface area (TPSA) is 78.4 Å². The van der Waals surface area contributed by atoms with Gasteiger partial charge in [-0.3, -0.25) is 4.79 Å². The fraction of sp³-hybridized carbons (Fsp3) is 0.333. The maximum Gasteiger partial charge on any atom is 0.330 e. The quantitative estimate of drug-likeness (QED) is 0.673. The zero-order chi connectivity index (χ0) is 12.7. The molecule has 1 rings (SSSR count). The number of benzene rings is 1. The van der Waals surface area contributed by atoms with E-state index in [0.29, 0.717) is 12.1 Å². The van der Waals surface area contributed by atoms with Gasteiger partial charge in [0.25, 0.3) is 0 Å². The highest BCUT2D eigenvalue weighted by Crippen LogP contribution is 2.12. The van der Waals surface area contributed by atoms with Gasteiger partial charge >= 0.3 is 5.97 Å². The lowest BCUT2D eigenvalue weighted by Crippen LogP contribution is -2.39. The number of rotatable bonds is 6. The number of nitrogens with one attached hydrogen (secondary N) is 2. The van der Waals surface area contributed by atoms with E-state index in [-0.39, 0.29) is 12.5 Å². The molecule has 0 aliphatic rings. The number of hydrogen-bond acceptors (Lipinski definition) is 3. The molecule has 0 fully saturated rings. The smallest absolute Gasteiger partial charge is 0.330 e. The van der Waals surface area contributed by atoms with Gasteiger partial charge in [-0.2, -0.15) is 0 Å². The summed E-state index contributed by atoms with van der Waals surface area (Å²) in [6.07, 6.45) is 0. The second-order valence-electron chi connectivity index (χ2n) is 3.53. The molecule has 0 saturated carbocycles. The molecule has 0 bridgehead atoms. The van der Waals surface area contributed by atoms with Crippen LogP contribution in [0.25, 0.3) is 0 Å². The monoisotopic (exact) mass is 236 g/mol. The molecule has 0 spiro atoms. The van der Waals surface area contributed by atoms with Crippen molar-refractivity contribution in [3.05, 3.63) is 35.9 Å². The van der Waals surface area contributed by atoms with Gasteiger partial charge in [-0.25, -0.2) is 4.79 Å². The van der Waals surface area contributed by atoms with Crippen molar-refractivity contribution < 1.29 is 14.7 Å². The van der Waals surface area contributed by atoms with Crippen LogP contribution in [0.1, 0.15) is 18.5 Å². The van der Waals surface area contributed by atoms with Crippen LogP contribution >= 0.6 is 0 Å². The first-order chi connectivity index (χ1) is 8.15. The third-order valence-corrected chi connectivity index (χ3v) is 2.22. The largest absolute Gasteiger partial charge is 0.479 e. The summed E-state index contributed by atoms with van der Waals surface area (Å²) in [5.74, 6) is -1.40. The van der Waals surface area contributed by atoms with Gasteiger partial charge in [0.05, 0.1) is 6.54 Å². The number of carboxylic acids is 1. The molecule has 0 saturated heterocycles. The first-order valence-corrected chi connectivity index (χ1v) is 5.43. The Labute approximate surface area is 99.8 Å². The summed E-state index contributed by atoms with van der Waals surface area (Å²) in [7, 11) is 0. The summed E-state index contributed by atoms with van der Waals surface area (Å²) in [6.45, 7) is 2.66. The predicted octanol–water partition coefficient (Wildman–Crippen LogP) is 0.538. The number of carboxylic acid groups (broad SMARTS) is 1. The van der Waals surface area contributed by atoms with Crippen molar-refractivity contribution in [1.82, 2.24) is 10.6 Å². The summed E-state index contributed by atoms with van der Waals surface area (Å²) in [4.78, 5) is 22.5. The molecule has 1 atom stereocenters. The van der Waals surface area contributed by atoms with Crippen LogP contribution < -0.4 is 10.6 Å². The molecule has 1 aromatic rings. The van der Waals surface area contributed by atoms with Crippen LogP contribution in [0.4, 0.5) is 0 Å². The van der Waals surface area contributed by atoms with E-state index >= 15 is 0 Å². The van der Waals surface area contributed by atoms with E-state index in [0.717, 1.165) is 0 Å². The minimum Gasteiger partial charge on any atom is -0.479 e. The standard InChI is InChI=1S/C12H16N2O3/c1-2-13-8-10(15)14-11(12(16)17)9-6-4-3-5-7-9/h3-7,11,13H,2,8H2,1H3,(H,14,15)(H,16,17)/t11-/m0/s1. The zero-order valence-corrected chi connectivity index (χ0v) is 9.64. The second-order valence-corrected chi connectivity index (χ2v) is 3.53. The van der Waals surface area contributed by atoms with Crippen molar-refractivity contribution in [2.45, 2.75) is 13.0 Å². The molecule has 3 N–H and O–H groups in total. The Balaban J connectivity index is 2.68. The van der Waals surface area contributed by atoms with Crippen LogP contribution in [0.3, 0.4) is 0 Å². The van der Waals surface area contributed by atoms with Crippen LogP contribution in [0.5, 0.6) is 0 Å². The lowest BCUT2D eigenvalue weighted by molar-refractivity contribution is -0.141. The molecular weight excluding hydrogens is 220 g/mol. The summed E-state index contributed by atoms with van der Waals surface area (Å²) < 4.78 is 0. The number of aliphatic carboxylic acids is 1. The molecule has 5 nitrogen and oxygen atoms in total. The molecule has 0 aliphatic carbocycles. The van der Waals surface area contributed by atoms with Crippen LogP contribution in [-0.4, -0.2) is 30.1 Å². The van der Waals surface area contributed by atoms with Crippen LogP contribution in [0, 0.1) is 0 Å². The molecule has 1 amide bonds. The molecule has 0 radical (unpaired) electrons. The summed E-state index contributed by atoms with van der Waals surface area (Å²) in [5, 5.41) is 14.4. The molecule has 0 aliphatic heterocycles. The van der Waals surface area contributed by atoms with Gasteiger partial charge in [0, 0.05) is 0 Å². The van der Waals surface area contributed by atoms with Crippen molar-refractivity contribution in [2.24, 2.45) is 0 Å². The van der Waals surface area contributed by atoms with E-state index in [1.165, 1.54) is 0 Å². The maximum atomic E-state index is 11.5. The molecule has 0 unspecified atom stereocenters. The minimum absolute atomic E-state index is 0.118. The third kappa shape index (κ3) is 4.24. The SMILES string of the molecule is CCNCC(=O)N[C@H](C(=O)O)c1ccccc1. The van der Waals surface area contributed by atoms with E-state index in [4.69, 9.17) is 5.11 Å². The van der Waals surface area contributed by atoms with Gasteiger partial charge in [-0.15, -0.1) is 0 Å². The Bertz CT molecular complexity index is 379. The highest BCUT2D eigenvalue weighted by Gasteiger charge is 2.21. The fourth-order valence-corrected chi connectivity index (χ4v) is 1.38. The van der Waals surface area contributed by atoms with Crippen LogP contribution in [0.2, 0.25) is 0 Å². The van der Waals surface area contributed by atoms with Gasteiger partial charge in [-0.05, 0) is 12.1 Å². The molecule has 0 aromatic heterocycles. The van der Waals surface area contributed by atoms with Gasteiger partial charge < -0.3 is 15.7 Å². The Kier molecular flexibility index (Phi) is 5.16. The van der Waals surface area contributed by atoms with Gasteiger partial charge in [0.1, 0.15) is 0 Å². The fourth-order valence-electron chi connectivity index (χ4n) is 1.38. The highest BCUT2D eigenvalue weighted by atomic mass is 16.4. The lowest BCUT2D eigenvalue weighted by Gasteiger charge is -2.14. The Hall–Kier alpha value is -1.88. The first kappa shape index (κ1) is 13.2. The number of likely N-dealkylation sites (N-methyl/N-ethyl adjacent to an activating group) is 1. The third-order valence-electron chi connectivity index (χ3n) is 2.22. The second kappa shape index (κ2) is 6.65. The number of carbonyl (C=O) groups excluding carboxylic acids is 1. The normalized spacial score (nSPS) is 11.8. The molecule has 17 heavy (non-hydrogen) atoms. The van der Waals surface area contributed by atoms with Crippen LogP contribution in [0.15, 0.2) is 30.3 Å². The molecule has 92 valence electrons. The summed E-state index contributed by atoms with van der Waals surface area (Å²) in [6, 6.07) is 7.62. The summed E-state index contributed by atoms with van der Waals surface area (Å²) >= 11 is 0. The minimum atomic E-state index is -1.07. The Morgan fingerprint density at radius 1 is 1.29 bits per heavy atom. The van der Waals surface area contributed by atoms with Crippen molar-refractivity contribution in [2.75, 3.05) is 13.1 Å². The predicted molar refractivity (Wildman–Crippen MR) is 63.5 cm³/mol. The highest BCUT2D eigenvalue weighted by molar-refractivity contribution is 5.85. The number of carbonyl (C=O) groups is 2. The lowest BCUT2D eigenvalue weighted by atomic mass is 10.1. The van der Waals surface area contributed by atoms with E-state index in [9.17, 15) is 9.59 Å². The molecule has 5 heteroatoms. The average molecular weight is 236 g/mol. The molecule has 1 aromatic carbocycles. The van der Waals surface area contributed by atoms with Gasteiger partial charge in [-0.1, -0.05) is 37.3 Å². The van der Waals surface area contributed by atoms with E-state index < -0.39 is 12.0 Å². The Morgan fingerprint density at radius 3 is 2.47 bits per heavy atom. The number of hydrogen-bond donors (Lipinski definition) is 3. The van der Waals surface area contributed by atoms with Crippen molar-refractivity contribution in [3.63, 3.8) is 0 Å². The first-order valence-electron chi connectivity index (χ1n) is 5.43.